The van der Waals surface area contributed by atoms with Gasteiger partial charge in [-0.15, -0.1) is 0 Å². The molecular weight excluding hydrogens is 256 g/mol. The fourth-order valence-electron chi connectivity index (χ4n) is 3.26. The number of nitrogens with zero attached hydrogens (tertiary/aromatic N) is 1. The van der Waals surface area contributed by atoms with Crippen molar-refractivity contribution >= 4 is 11.9 Å². The number of hydrogen-bond acceptors (Lipinski definition) is 3. The minimum Gasteiger partial charge on any atom is -0.481 e. The monoisotopic (exact) mass is 280 g/mol. The van der Waals surface area contributed by atoms with Crippen molar-refractivity contribution in [2.75, 3.05) is 20.1 Å². The van der Waals surface area contributed by atoms with Gasteiger partial charge in [0.05, 0.1) is 12.0 Å². The Morgan fingerprint density at radius 2 is 1.85 bits per heavy atom. The summed E-state index contributed by atoms with van der Waals surface area (Å²) in [6, 6.07) is 0. The Morgan fingerprint density at radius 1 is 1.25 bits per heavy atom. The second-order valence-electron chi connectivity index (χ2n) is 6.05. The average molecular weight is 280 g/mol. The van der Waals surface area contributed by atoms with Gasteiger partial charge in [0.2, 0.25) is 5.91 Å². The maximum atomic E-state index is 12.6. The molecule has 5 heteroatoms. The Balaban J connectivity index is 2.19. The molecule has 2 rings (SSSR count). The third-order valence-electron chi connectivity index (χ3n) is 4.81. The smallest absolute Gasteiger partial charge is 0.305 e. The SMILES string of the molecule is CC(C(=O)N(C)C1(CC(=O)O)CCCCC1)=C1CNC1. The molecule has 0 bridgehead atoms. The lowest BCUT2D eigenvalue weighted by Gasteiger charge is -2.44. The minimum atomic E-state index is -0.817. The standard InChI is InChI=1S/C15H24N2O3/c1-11(12-9-16-10-12)14(20)17(2)15(8-13(18)19)6-4-3-5-7-15/h16H,3-10H2,1-2H3,(H,18,19). The zero-order valence-corrected chi connectivity index (χ0v) is 12.4. The van der Waals surface area contributed by atoms with Gasteiger partial charge < -0.3 is 15.3 Å². The van der Waals surface area contributed by atoms with Crippen LogP contribution >= 0.6 is 0 Å². The molecule has 1 saturated heterocycles. The molecular formula is C15H24N2O3. The van der Waals surface area contributed by atoms with Crippen LogP contribution in [0, 0.1) is 0 Å². The molecule has 2 N–H and O–H groups in total. The highest BCUT2D eigenvalue weighted by molar-refractivity contribution is 5.94. The summed E-state index contributed by atoms with van der Waals surface area (Å²) in [6.45, 7) is 3.40. The van der Waals surface area contributed by atoms with Crippen LogP contribution in [0.15, 0.2) is 11.1 Å². The molecule has 0 spiro atoms. The first-order valence-corrected chi connectivity index (χ1v) is 7.35. The minimum absolute atomic E-state index is 0.00958. The quantitative estimate of drug-likeness (QED) is 0.766. The van der Waals surface area contributed by atoms with E-state index in [2.05, 4.69) is 5.32 Å². The van der Waals surface area contributed by atoms with Crippen LogP contribution in [0.4, 0.5) is 0 Å². The van der Waals surface area contributed by atoms with E-state index < -0.39 is 11.5 Å². The zero-order valence-electron chi connectivity index (χ0n) is 12.4. The summed E-state index contributed by atoms with van der Waals surface area (Å²) in [5, 5.41) is 12.3. The molecule has 0 aromatic heterocycles. The zero-order chi connectivity index (χ0) is 14.8. The van der Waals surface area contributed by atoms with Gasteiger partial charge in [-0.25, -0.2) is 0 Å². The second-order valence-corrected chi connectivity index (χ2v) is 6.05. The Morgan fingerprint density at radius 3 is 2.30 bits per heavy atom. The predicted molar refractivity (Wildman–Crippen MR) is 76.4 cm³/mol. The van der Waals surface area contributed by atoms with E-state index in [1.165, 1.54) is 0 Å². The normalized spacial score (nSPS) is 21.0. The van der Waals surface area contributed by atoms with Crippen LogP contribution in [0.2, 0.25) is 0 Å². The van der Waals surface area contributed by atoms with Crippen molar-refractivity contribution in [3.05, 3.63) is 11.1 Å². The summed E-state index contributed by atoms with van der Waals surface area (Å²) in [5.74, 6) is -0.827. The van der Waals surface area contributed by atoms with Gasteiger partial charge >= 0.3 is 5.97 Å². The highest BCUT2D eigenvalue weighted by Gasteiger charge is 2.41. The van der Waals surface area contributed by atoms with Crippen LogP contribution in [0.5, 0.6) is 0 Å². The summed E-state index contributed by atoms with van der Waals surface area (Å²) < 4.78 is 0. The first kappa shape index (κ1) is 15.0. The Kier molecular flexibility index (Phi) is 4.48. The first-order valence-electron chi connectivity index (χ1n) is 7.35. The Hall–Kier alpha value is -1.36. The number of carbonyl (C=O) groups is 2. The number of carbonyl (C=O) groups excluding carboxylic acids is 1. The summed E-state index contributed by atoms with van der Waals surface area (Å²) in [7, 11) is 1.77. The largest absolute Gasteiger partial charge is 0.481 e. The number of aliphatic carboxylic acids is 1. The lowest BCUT2D eigenvalue weighted by molar-refractivity contribution is -0.144. The first-order chi connectivity index (χ1) is 9.46. The van der Waals surface area contributed by atoms with Gasteiger partial charge in [0.25, 0.3) is 0 Å². The molecule has 0 radical (unpaired) electrons. The van der Waals surface area contributed by atoms with E-state index in [9.17, 15) is 14.7 Å². The highest BCUT2D eigenvalue weighted by Crippen LogP contribution is 2.36. The van der Waals surface area contributed by atoms with Crippen LogP contribution in [-0.4, -0.2) is 47.6 Å². The van der Waals surface area contributed by atoms with Gasteiger partial charge in [-0.3, -0.25) is 9.59 Å². The van der Waals surface area contributed by atoms with E-state index in [0.717, 1.165) is 56.3 Å². The van der Waals surface area contributed by atoms with Crippen LogP contribution in [0.1, 0.15) is 45.4 Å². The molecule has 1 saturated carbocycles. The van der Waals surface area contributed by atoms with Gasteiger partial charge in [-0.2, -0.15) is 0 Å². The van der Waals surface area contributed by atoms with Crippen LogP contribution in [-0.2, 0) is 9.59 Å². The lowest BCUT2D eigenvalue weighted by atomic mass is 9.77. The molecule has 2 aliphatic rings. The molecule has 0 aromatic rings. The fourth-order valence-corrected chi connectivity index (χ4v) is 3.26. The number of carboxylic acids is 1. The van der Waals surface area contributed by atoms with E-state index >= 15 is 0 Å². The van der Waals surface area contributed by atoms with E-state index in [4.69, 9.17) is 0 Å². The number of amides is 1. The van der Waals surface area contributed by atoms with E-state index in [-0.39, 0.29) is 12.3 Å². The summed E-state index contributed by atoms with van der Waals surface area (Å²) in [5.41, 5.74) is 1.42. The van der Waals surface area contributed by atoms with E-state index in [1.54, 1.807) is 11.9 Å². The lowest BCUT2D eigenvalue weighted by Crippen LogP contribution is -2.53. The highest BCUT2D eigenvalue weighted by atomic mass is 16.4. The summed E-state index contributed by atoms with van der Waals surface area (Å²) in [4.78, 5) is 25.5. The maximum Gasteiger partial charge on any atom is 0.305 e. The Labute approximate surface area is 120 Å². The molecule has 0 unspecified atom stereocenters. The molecule has 1 heterocycles. The number of rotatable bonds is 4. The molecule has 1 aliphatic heterocycles. The van der Waals surface area contributed by atoms with Crippen LogP contribution < -0.4 is 5.32 Å². The fraction of sp³-hybridized carbons (Fsp3) is 0.733. The van der Waals surface area contributed by atoms with E-state index in [1.807, 2.05) is 6.92 Å². The van der Waals surface area contributed by atoms with Gasteiger partial charge in [-0.1, -0.05) is 19.3 Å². The predicted octanol–water partition coefficient (Wildman–Crippen LogP) is 1.54. The third-order valence-corrected chi connectivity index (χ3v) is 4.81. The number of nitrogens with one attached hydrogen (secondary N) is 1. The third kappa shape index (κ3) is 2.87. The van der Waals surface area contributed by atoms with Crippen molar-refractivity contribution < 1.29 is 14.7 Å². The molecule has 5 nitrogen and oxygen atoms in total. The molecule has 0 aromatic carbocycles. The molecule has 20 heavy (non-hydrogen) atoms. The van der Waals surface area contributed by atoms with Gasteiger partial charge in [0.15, 0.2) is 0 Å². The van der Waals surface area contributed by atoms with Crippen molar-refractivity contribution in [3.8, 4) is 0 Å². The van der Waals surface area contributed by atoms with Gasteiger partial charge in [0.1, 0.15) is 0 Å². The second kappa shape index (κ2) is 5.95. The van der Waals surface area contributed by atoms with Gasteiger partial charge in [-0.05, 0) is 25.3 Å². The molecule has 0 atom stereocenters. The van der Waals surface area contributed by atoms with Crippen molar-refractivity contribution in [1.82, 2.24) is 10.2 Å². The van der Waals surface area contributed by atoms with Crippen molar-refractivity contribution in [2.24, 2.45) is 0 Å². The van der Waals surface area contributed by atoms with Crippen molar-refractivity contribution in [2.45, 2.75) is 51.0 Å². The molecule has 1 amide bonds. The molecule has 112 valence electrons. The average Bonchev–Trinajstić information content (AvgIpc) is 2.35. The molecule has 1 aliphatic carbocycles. The van der Waals surface area contributed by atoms with Crippen molar-refractivity contribution in [1.29, 1.82) is 0 Å². The topological polar surface area (TPSA) is 69.6 Å². The van der Waals surface area contributed by atoms with E-state index in [0.29, 0.717) is 0 Å². The van der Waals surface area contributed by atoms with Crippen molar-refractivity contribution in [3.63, 3.8) is 0 Å². The van der Waals surface area contributed by atoms with Crippen LogP contribution in [0.25, 0.3) is 0 Å². The Bertz CT molecular complexity index is 430. The van der Waals surface area contributed by atoms with Crippen LogP contribution in [0.3, 0.4) is 0 Å². The summed E-state index contributed by atoms with van der Waals surface area (Å²) in [6.07, 6.45) is 4.78. The number of carboxylic acid groups (broad SMARTS) is 1. The summed E-state index contributed by atoms with van der Waals surface area (Å²) >= 11 is 0. The molecule has 2 fully saturated rings. The maximum absolute atomic E-state index is 12.6. The van der Waals surface area contributed by atoms with Gasteiger partial charge in [0, 0.05) is 25.7 Å². The number of hydrogen-bond donors (Lipinski definition) is 2. The number of likely N-dealkylation sites (N-methyl/N-ethyl adjacent to an activating group) is 1.